The van der Waals surface area contributed by atoms with Crippen molar-refractivity contribution < 1.29 is 17.9 Å². The molecule has 0 saturated carbocycles. The average Bonchev–Trinajstić information content (AvgIpc) is 2.47. The monoisotopic (exact) mass is 339 g/mol. The van der Waals surface area contributed by atoms with Crippen LogP contribution in [0.5, 0.6) is 0 Å². The quantitative estimate of drug-likeness (QED) is 0.782. The fourth-order valence-electron chi connectivity index (χ4n) is 2.40. The maximum atomic E-state index is 11.9. The van der Waals surface area contributed by atoms with E-state index in [1.807, 2.05) is 17.0 Å². The predicted molar refractivity (Wildman–Crippen MR) is 90.0 cm³/mol. The van der Waals surface area contributed by atoms with Gasteiger partial charge < -0.3 is 4.74 Å². The summed E-state index contributed by atoms with van der Waals surface area (Å²) in [5, 5.41) is 0. The third-order valence-corrected chi connectivity index (χ3v) is 5.62. The van der Waals surface area contributed by atoms with Crippen molar-refractivity contribution in [2.45, 2.75) is 32.8 Å². The Morgan fingerprint density at radius 1 is 1.13 bits per heavy atom. The van der Waals surface area contributed by atoms with E-state index in [2.05, 4.69) is 32.9 Å². The summed E-state index contributed by atoms with van der Waals surface area (Å²) in [4.78, 5) is 13.7. The first kappa shape index (κ1) is 17.9. The van der Waals surface area contributed by atoms with Crippen LogP contribution in [0.3, 0.4) is 0 Å². The summed E-state index contributed by atoms with van der Waals surface area (Å²) in [7, 11) is -2.92. The Hall–Kier alpha value is -1.40. The molecule has 23 heavy (non-hydrogen) atoms. The maximum Gasteiger partial charge on any atom is 0.320 e. The Morgan fingerprint density at radius 2 is 1.70 bits per heavy atom. The standard InChI is InChI=1S/C17H25NO4S/c1-17(2,3)15-6-4-14(5-7-15)13-22-16(19)12-18-8-10-23(20,21)11-9-18/h4-7H,8-13H2,1-3H3. The number of rotatable bonds is 4. The van der Waals surface area contributed by atoms with Gasteiger partial charge in [-0.25, -0.2) is 8.42 Å². The minimum atomic E-state index is -2.92. The summed E-state index contributed by atoms with van der Waals surface area (Å²) in [6, 6.07) is 8.06. The molecule has 6 heteroatoms. The Kier molecular flexibility index (Phi) is 5.47. The summed E-state index contributed by atoms with van der Waals surface area (Å²) < 4.78 is 28.0. The summed E-state index contributed by atoms with van der Waals surface area (Å²) in [5.74, 6) is -0.0764. The van der Waals surface area contributed by atoms with Crippen molar-refractivity contribution >= 4 is 15.8 Å². The first-order valence-electron chi connectivity index (χ1n) is 7.83. The van der Waals surface area contributed by atoms with Crippen LogP contribution in [0, 0.1) is 0 Å². The first-order chi connectivity index (χ1) is 10.7. The van der Waals surface area contributed by atoms with Gasteiger partial charge in [0.25, 0.3) is 0 Å². The molecule has 1 heterocycles. The minimum Gasteiger partial charge on any atom is -0.460 e. The molecule has 0 amide bonds. The highest BCUT2D eigenvalue weighted by Crippen LogP contribution is 2.22. The molecule has 0 spiro atoms. The fraction of sp³-hybridized carbons (Fsp3) is 0.588. The van der Waals surface area contributed by atoms with Gasteiger partial charge in [-0.3, -0.25) is 9.69 Å². The summed E-state index contributed by atoms with van der Waals surface area (Å²) in [6.07, 6.45) is 0. The third-order valence-electron chi connectivity index (χ3n) is 4.01. The lowest BCUT2D eigenvalue weighted by Gasteiger charge is -2.25. The van der Waals surface area contributed by atoms with E-state index in [1.54, 1.807) is 0 Å². The van der Waals surface area contributed by atoms with Crippen molar-refractivity contribution in [3.05, 3.63) is 35.4 Å². The number of benzene rings is 1. The highest BCUT2D eigenvalue weighted by Gasteiger charge is 2.23. The Morgan fingerprint density at radius 3 is 2.22 bits per heavy atom. The van der Waals surface area contributed by atoms with Crippen LogP contribution < -0.4 is 0 Å². The lowest BCUT2D eigenvalue weighted by molar-refractivity contribution is -0.146. The van der Waals surface area contributed by atoms with Gasteiger partial charge >= 0.3 is 5.97 Å². The highest BCUT2D eigenvalue weighted by atomic mass is 32.2. The number of carbonyl (C=O) groups is 1. The largest absolute Gasteiger partial charge is 0.460 e. The van der Waals surface area contributed by atoms with Crippen LogP contribution in [0.2, 0.25) is 0 Å². The van der Waals surface area contributed by atoms with Crippen LogP contribution in [0.25, 0.3) is 0 Å². The van der Waals surface area contributed by atoms with Gasteiger partial charge in [0.2, 0.25) is 0 Å². The highest BCUT2D eigenvalue weighted by molar-refractivity contribution is 7.91. The molecule has 0 N–H and O–H groups in total. The van der Waals surface area contributed by atoms with E-state index in [1.165, 1.54) is 5.56 Å². The number of hydrogen-bond acceptors (Lipinski definition) is 5. The van der Waals surface area contributed by atoms with Gasteiger partial charge in [-0.05, 0) is 16.5 Å². The zero-order valence-corrected chi connectivity index (χ0v) is 14.9. The number of sulfone groups is 1. The smallest absolute Gasteiger partial charge is 0.320 e. The van der Waals surface area contributed by atoms with Crippen molar-refractivity contribution in [1.82, 2.24) is 4.90 Å². The van der Waals surface area contributed by atoms with E-state index in [9.17, 15) is 13.2 Å². The van der Waals surface area contributed by atoms with Gasteiger partial charge in [0.05, 0.1) is 18.1 Å². The molecule has 0 bridgehead atoms. The first-order valence-corrected chi connectivity index (χ1v) is 9.66. The number of nitrogens with zero attached hydrogens (tertiary/aromatic N) is 1. The van der Waals surface area contributed by atoms with Crippen molar-refractivity contribution in [1.29, 1.82) is 0 Å². The molecule has 0 atom stereocenters. The van der Waals surface area contributed by atoms with Gasteiger partial charge in [-0.2, -0.15) is 0 Å². The minimum absolute atomic E-state index is 0.101. The van der Waals surface area contributed by atoms with E-state index in [0.717, 1.165) is 5.56 Å². The third kappa shape index (κ3) is 5.62. The zero-order valence-electron chi connectivity index (χ0n) is 14.0. The van der Waals surface area contributed by atoms with Crippen molar-refractivity contribution in [2.24, 2.45) is 0 Å². The predicted octanol–water partition coefficient (Wildman–Crippen LogP) is 1.76. The van der Waals surface area contributed by atoms with Crippen LogP contribution in [-0.2, 0) is 31.4 Å². The van der Waals surface area contributed by atoms with Crippen LogP contribution in [-0.4, -0.2) is 50.4 Å². The number of ether oxygens (including phenoxy) is 1. The molecule has 1 aromatic carbocycles. The molecule has 2 rings (SSSR count). The molecular weight excluding hydrogens is 314 g/mol. The summed E-state index contributed by atoms with van der Waals surface area (Å²) in [5.41, 5.74) is 2.29. The van der Waals surface area contributed by atoms with Crippen LogP contribution in [0.4, 0.5) is 0 Å². The number of hydrogen-bond donors (Lipinski definition) is 0. The summed E-state index contributed by atoms with van der Waals surface area (Å²) in [6.45, 7) is 7.66. The molecule has 1 saturated heterocycles. The molecule has 1 aliphatic rings. The Balaban J connectivity index is 1.78. The summed E-state index contributed by atoms with van der Waals surface area (Å²) >= 11 is 0. The lowest BCUT2D eigenvalue weighted by atomic mass is 9.87. The van der Waals surface area contributed by atoms with Crippen molar-refractivity contribution in [3.8, 4) is 0 Å². The number of esters is 1. The number of carbonyl (C=O) groups excluding carboxylic acids is 1. The van der Waals surface area contributed by atoms with Gasteiger partial charge in [0, 0.05) is 13.1 Å². The normalized spacial score (nSPS) is 18.6. The van der Waals surface area contributed by atoms with Crippen molar-refractivity contribution in [2.75, 3.05) is 31.1 Å². The molecule has 128 valence electrons. The second kappa shape index (κ2) is 7.01. The molecular formula is C17H25NO4S. The van der Waals surface area contributed by atoms with Gasteiger partial charge in [-0.15, -0.1) is 0 Å². The average molecular weight is 339 g/mol. The SMILES string of the molecule is CC(C)(C)c1ccc(COC(=O)CN2CCS(=O)(=O)CC2)cc1. The van der Waals surface area contributed by atoms with Crippen LogP contribution in [0.15, 0.2) is 24.3 Å². The van der Waals surface area contributed by atoms with E-state index in [0.29, 0.717) is 13.1 Å². The van der Waals surface area contributed by atoms with Crippen molar-refractivity contribution in [3.63, 3.8) is 0 Å². The topological polar surface area (TPSA) is 63.7 Å². The van der Waals surface area contributed by atoms with E-state index >= 15 is 0 Å². The maximum absolute atomic E-state index is 11.9. The zero-order chi connectivity index (χ0) is 17.1. The molecule has 1 aliphatic heterocycles. The van der Waals surface area contributed by atoms with E-state index in [-0.39, 0.29) is 36.0 Å². The van der Waals surface area contributed by atoms with Gasteiger partial charge in [-0.1, -0.05) is 45.0 Å². The molecule has 0 unspecified atom stereocenters. The van der Waals surface area contributed by atoms with Gasteiger partial charge in [0.1, 0.15) is 6.61 Å². The Labute approximate surface area is 138 Å². The van der Waals surface area contributed by atoms with E-state index < -0.39 is 9.84 Å². The lowest BCUT2D eigenvalue weighted by Crippen LogP contribution is -2.43. The van der Waals surface area contributed by atoms with Crippen LogP contribution >= 0.6 is 0 Å². The fourth-order valence-corrected chi connectivity index (χ4v) is 3.68. The molecule has 1 fully saturated rings. The molecule has 0 aromatic heterocycles. The molecule has 5 nitrogen and oxygen atoms in total. The molecule has 0 aliphatic carbocycles. The molecule has 0 radical (unpaired) electrons. The second-order valence-electron chi connectivity index (χ2n) is 7.04. The van der Waals surface area contributed by atoms with E-state index in [4.69, 9.17) is 4.74 Å². The van der Waals surface area contributed by atoms with Crippen LogP contribution in [0.1, 0.15) is 31.9 Å². The van der Waals surface area contributed by atoms with Gasteiger partial charge in [0.15, 0.2) is 9.84 Å². The Bertz CT molecular complexity index is 630. The second-order valence-corrected chi connectivity index (χ2v) is 9.34. The molecule has 1 aromatic rings.